The van der Waals surface area contributed by atoms with Gasteiger partial charge in [0.1, 0.15) is 5.69 Å². The van der Waals surface area contributed by atoms with Crippen LogP contribution in [0.1, 0.15) is 16.7 Å². The highest BCUT2D eigenvalue weighted by Gasteiger charge is 2.35. The molecule has 0 N–H and O–H groups in total. The minimum atomic E-state index is -4.55. The number of halogens is 4. The number of aliphatic imine (C=N–C) groups is 1. The summed E-state index contributed by atoms with van der Waals surface area (Å²) in [5.41, 5.74) is 1.53. The van der Waals surface area contributed by atoms with Crippen LogP contribution >= 0.6 is 11.6 Å². The maximum absolute atomic E-state index is 13.4. The van der Waals surface area contributed by atoms with Crippen LogP contribution in [0.2, 0.25) is 5.02 Å². The van der Waals surface area contributed by atoms with Gasteiger partial charge in [0.05, 0.1) is 22.6 Å². The zero-order valence-corrected chi connectivity index (χ0v) is 15.1. The van der Waals surface area contributed by atoms with Gasteiger partial charge in [0, 0.05) is 16.5 Å². The van der Waals surface area contributed by atoms with Crippen molar-refractivity contribution < 1.29 is 17.6 Å². The average molecular weight is 400 g/mol. The van der Waals surface area contributed by atoms with E-state index in [4.69, 9.17) is 16.0 Å². The fourth-order valence-electron chi connectivity index (χ4n) is 3.02. The molecule has 28 heavy (non-hydrogen) atoms. The summed E-state index contributed by atoms with van der Waals surface area (Å²) in [7, 11) is 0. The molecule has 4 rings (SSSR count). The van der Waals surface area contributed by atoms with Crippen molar-refractivity contribution in [3.05, 3.63) is 101 Å². The lowest BCUT2D eigenvalue weighted by molar-refractivity contribution is -0.136. The molecule has 0 amide bonds. The Morgan fingerprint density at radius 1 is 0.857 bits per heavy atom. The summed E-state index contributed by atoms with van der Waals surface area (Å²) in [5, 5.41) is -0.199. The zero-order chi connectivity index (χ0) is 19.7. The minimum absolute atomic E-state index is 0.00388. The average Bonchev–Trinajstić information content (AvgIpc) is 3.17. The van der Waals surface area contributed by atoms with E-state index in [9.17, 15) is 13.2 Å². The predicted octanol–water partition coefficient (Wildman–Crippen LogP) is 7.27. The Labute approximate surface area is 163 Å². The molecule has 0 saturated heterocycles. The van der Waals surface area contributed by atoms with Crippen molar-refractivity contribution >= 4 is 34.0 Å². The number of hydrogen-bond acceptors (Lipinski definition) is 2. The van der Waals surface area contributed by atoms with Crippen molar-refractivity contribution in [2.24, 2.45) is 4.99 Å². The van der Waals surface area contributed by atoms with E-state index in [1.165, 1.54) is 12.3 Å². The summed E-state index contributed by atoms with van der Waals surface area (Å²) in [4.78, 5) is 4.65. The Morgan fingerprint density at radius 2 is 1.43 bits per heavy atom. The van der Waals surface area contributed by atoms with Gasteiger partial charge in [-0.15, -0.1) is 0 Å². The van der Waals surface area contributed by atoms with Crippen LogP contribution in [0, 0.1) is 0 Å². The molecule has 0 saturated carbocycles. The van der Waals surface area contributed by atoms with Gasteiger partial charge >= 0.3 is 6.18 Å². The first-order chi connectivity index (χ1) is 13.4. The highest BCUT2D eigenvalue weighted by atomic mass is 35.5. The van der Waals surface area contributed by atoms with Gasteiger partial charge in [-0.2, -0.15) is 13.2 Å². The van der Waals surface area contributed by atoms with Gasteiger partial charge in [-0.3, -0.25) is 0 Å². The van der Waals surface area contributed by atoms with Gasteiger partial charge in [0.25, 0.3) is 0 Å². The molecule has 3 aromatic carbocycles. The summed E-state index contributed by atoms with van der Waals surface area (Å²) in [6.07, 6.45) is -3.34. The summed E-state index contributed by atoms with van der Waals surface area (Å²) < 4.78 is 45.4. The van der Waals surface area contributed by atoms with Gasteiger partial charge in [0.15, 0.2) is 5.58 Å². The van der Waals surface area contributed by atoms with Gasteiger partial charge in [0.2, 0.25) is 0 Å². The van der Waals surface area contributed by atoms with E-state index in [-0.39, 0.29) is 21.7 Å². The van der Waals surface area contributed by atoms with Crippen molar-refractivity contribution in [3.8, 4) is 0 Å². The van der Waals surface area contributed by atoms with Crippen LogP contribution in [0.4, 0.5) is 18.9 Å². The van der Waals surface area contributed by atoms with E-state index < -0.39 is 11.7 Å². The lowest BCUT2D eigenvalue weighted by Crippen LogP contribution is -2.06. The van der Waals surface area contributed by atoms with Gasteiger partial charge in [-0.05, 0) is 12.1 Å². The third-order valence-corrected chi connectivity index (χ3v) is 4.58. The second-order valence-electron chi connectivity index (χ2n) is 6.11. The fourth-order valence-corrected chi connectivity index (χ4v) is 3.26. The van der Waals surface area contributed by atoms with Crippen molar-refractivity contribution in [1.29, 1.82) is 0 Å². The van der Waals surface area contributed by atoms with Crippen LogP contribution in [0.3, 0.4) is 0 Å². The van der Waals surface area contributed by atoms with Crippen LogP contribution < -0.4 is 0 Å². The molecule has 0 fully saturated rings. The first-order valence-electron chi connectivity index (χ1n) is 8.41. The van der Waals surface area contributed by atoms with E-state index in [2.05, 4.69) is 4.99 Å². The SMILES string of the molecule is FC(F)(F)c1cc(Cl)c(N=C(c2ccccc2)c2ccccc2)c2occc12. The molecule has 0 spiro atoms. The van der Waals surface area contributed by atoms with Crippen LogP contribution in [0.25, 0.3) is 11.0 Å². The highest BCUT2D eigenvalue weighted by Crippen LogP contribution is 2.43. The Bertz CT molecular complexity index is 1110. The van der Waals surface area contributed by atoms with Crippen LogP contribution in [-0.4, -0.2) is 5.71 Å². The van der Waals surface area contributed by atoms with E-state index in [0.29, 0.717) is 5.71 Å². The van der Waals surface area contributed by atoms with E-state index >= 15 is 0 Å². The van der Waals surface area contributed by atoms with Crippen molar-refractivity contribution in [1.82, 2.24) is 0 Å². The third kappa shape index (κ3) is 3.41. The number of furan rings is 1. The van der Waals surface area contributed by atoms with E-state index in [1.807, 2.05) is 60.7 Å². The summed E-state index contributed by atoms with van der Waals surface area (Å²) >= 11 is 6.22. The number of fused-ring (bicyclic) bond motifs is 1. The summed E-state index contributed by atoms with van der Waals surface area (Å²) in [5.74, 6) is 0. The Hall–Kier alpha value is -3.05. The van der Waals surface area contributed by atoms with Gasteiger partial charge in [-0.25, -0.2) is 4.99 Å². The van der Waals surface area contributed by atoms with Gasteiger partial charge < -0.3 is 4.42 Å². The molecule has 0 unspecified atom stereocenters. The molecule has 1 aromatic heterocycles. The Morgan fingerprint density at radius 3 is 1.96 bits per heavy atom. The predicted molar refractivity (Wildman–Crippen MR) is 104 cm³/mol. The van der Waals surface area contributed by atoms with Crippen LogP contribution in [-0.2, 0) is 6.18 Å². The van der Waals surface area contributed by atoms with Gasteiger partial charge in [-0.1, -0.05) is 72.3 Å². The van der Waals surface area contributed by atoms with Crippen molar-refractivity contribution in [2.75, 3.05) is 0 Å². The smallest absolute Gasteiger partial charge is 0.417 e. The standard InChI is InChI=1S/C22H13ClF3NO/c23-18-13-17(22(24,25)26)16-11-12-28-21(16)20(18)27-19(14-7-3-1-4-8-14)15-9-5-2-6-10-15/h1-13H. The fraction of sp³-hybridized carbons (Fsp3) is 0.0455. The largest absolute Gasteiger partial charge is 0.462 e. The summed E-state index contributed by atoms with van der Waals surface area (Å²) in [6, 6.07) is 20.9. The number of nitrogens with zero attached hydrogens (tertiary/aromatic N) is 1. The number of hydrogen-bond donors (Lipinski definition) is 0. The Kier molecular flexibility index (Phi) is 4.69. The third-order valence-electron chi connectivity index (χ3n) is 4.29. The lowest BCUT2D eigenvalue weighted by atomic mass is 10.0. The van der Waals surface area contributed by atoms with E-state index in [0.717, 1.165) is 17.2 Å². The summed E-state index contributed by atoms with van der Waals surface area (Å²) in [6.45, 7) is 0. The van der Waals surface area contributed by atoms with E-state index in [1.54, 1.807) is 0 Å². The lowest BCUT2D eigenvalue weighted by Gasteiger charge is -2.12. The topological polar surface area (TPSA) is 25.5 Å². The monoisotopic (exact) mass is 399 g/mol. The molecule has 1 heterocycles. The van der Waals surface area contributed by atoms with Crippen molar-refractivity contribution in [3.63, 3.8) is 0 Å². The van der Waals surface area contributed by atoms with Crippen LogP contribution in [0.5, 0.6) is 0 Å². The first kappa shape index (κ1) is 18.3. The second kappa shape index (κ2) is 7.17. The number of rotatable bonds is 3. The molecule has 0 atom stereocenters. The maximum atomic E-state index is 13.4. The second-order valence-corrected chi connectivity index (χ2v) is 6.52. The first-order valence-corrected chi connectivity index (χ1v) is 8.79. The number of benzene rings is 3. The maximum Gasteiger partial charge on any atom is 0.417 e. The quantitative estimate of drug-likeness (QED) is 0.332. The molecule has 0 radical (unpaired) electrons. The number of alkyl halides is 3. The molecule has 140 valence electrons. The molecule has 2 nitrogen and oxygen atoms in total. The zero-order valence-electron chi connectivity index (χ0n) is 14.4. The molecular formula is C22H13ClF3NO. The molecule has 0 aliphatic rings. The molecule has 6 heteroatoms. The highest BCUT2D eigenvalue weighted by molar-refractivity contribution is 6.35. The minimum Gasteiger partial charge on any atom is -0.462 e. The molecule has 0 aliphatic carbocycles. The molecule has 4 aromatic rings. The molecular weight excluding hydrogens is 387 g/mol. The Balaban J connectivity index is 1.99. The normalized spacial score (nSPS) is 11.6. The van der Waals surface area contributed by atoms with Crippen molar-refractivity contribution in [2.45, 2.75) is 6.18 Å². The molecule has 0 aliphatic heterocycles. The van der Waals surface area contributed by atoms with Crippen LogP contribution in [0.15, 0.2) is 88.5 Å². The molecule has 0 bridgehead atoms.